The third kappa shape index (κ3) is 7.90. The second kappa shape index (κ2) is 15.9. The molecule has 2 aliphatic carbocycles. The molecule has 4 fully saturated rings. The van der Waals surface area contributed by atoms with E-state index in [1.807, 2.05) is 35.1 Å². The molecule has 2 saturated heterocycles. The van der Waals surface area contributed by atoms with Crippen LogP contribution in [-0.4, -0.2) is 93.1 Å². The molecule has 298 valence electrons. The van der Waals surface area contributed by atoms with Gasteiger partial charge in [-0.15, -0.1) is 0 Å². The Labute approximate surface area is 331 Å². The number of amides is 4. The molecule has 2 aromatic carbocycles. The fourth-order valence-corrected chi connectivity index (χ4v) is 8.43. The fraction of sp³-hybridized carbons (Fsp3) is 0.442. The van der Waals surface area contributed by atoms with Crippen molar-refractivity contribution in [2.75, 3.05) is 27.3 Å². The average Bonchev–Trinajstić information content (AvgIpc) is 4.01. The SMILES string of the molecule is C=C/C(=C\c1nc([C@@H]2CCCN2C(=O)[C@@H](NC(=O)OC)C2CC2)[nH]c1C)c1ccc2cc(-c3cnc([C@@H]4CCCN4C(=O)[C@@H](NC(=O)OC)C4CC4)[nH]3)ccc2c1. The highest BCUT2D eigenvalue weighted by molar-refractivity contribution is 5.94. The molecule has 2 aromatic heterocycles. The molecule has 4 atom stereocenters. The molecule has 14 nitrogen and oxygen atoms in total. The summed E-state index contributed by atoms with van der Waals surface area (Å²) in [5, 5.41) is 7.65. The Hall–Kier alpha value is -5.92. The number of imidazole rings is 2. The van der Waals surface area contributed by atoms with Crippen molar-refractivity contribution in [3.8, 4) is 11.3 Å². The van der Waals surface area contributed by atoms with E-state index in [0.29, 0.717) is 13.1 Å². The average molecular weight is 775 g/mol. The minimum Gasteiger partial charge on any atom is -0.453 e. The summed E-state index contributed by atoms with van der Waals surface area (Å²) in [6, 6.07) is 11.0. The van der Waals surface area contributed by atoms with Gasteiger partial charge in [-0.3, -0.25) is 9.59 Å². The molecule has 2 aliphatic heterocycles. The number of nitrogens with one attached hydrogen (secondary N) is 4. The molecule has 4 amide bonds. The van der Waals surface area contributed by atoms with Crippen LogP contribution in [0.2, 0.25) is 0 Å². The molecule has 4 aliphatic rings. The van der Waals surface area contributed by atoms with Crippen LogP contribution >= 0.6 is 0 Å². The van der Waals surface area contributed by atoms with Crippen molar-refractivity contribution in [3.63, 3.8) is 0 Å². The van der Waals surface area contributed by atoms with Gasteiger partial charge in [-0.2, -0.15) is 0 Å². The van der Waals surface area contributed by atoms with E-state index in [9.17, 15) is 19.2 Å². The Kier molecular flexibility index (Phi) is 10.6. The van der Waals surface area contributed by atoms with Crippen molar-refractivity contribution in [2.24, 2.45) is 11.8 Å². The van der Waals surface area contributed by atoms with Crippen molar-refractivity contribution >= 4 is 46.4 Å². The largest absolute Gasteiger partial charge is 0.453 e. The predicted octanol–water partition coefficient (Wildman–Crippen LogP) is 6.58. The highest BCUT2D eigenvalue weighted by Gasteiger charge is 2.44. The lowest BCUT2D eigenvalue weighted by Crippen LogP contribution is -2.49. The molecular weight excluding hydrogens is 725 g/mol. The van der Waals surface area contributed by atoms with Crippen LogP contribution < -0.4 is 10.6 Å². The van der Waals surface area contributed by atoms with Crippen LogP contribution in [0.3, 0.4) is 0 Å². The Balaban J connectivity index is 0.974. The number of H-pyrrole nitrogens is 2. The maximum Gasteiger partial charge on any atom is 0.407 e. The zero-order valence-electron chi connectivity index (χ0n) is 32.7. The molecule has 4 heterocycles. The Bertz CT molecular complexity index is 2230. The highest BCUT2D eigenvalue weighted by Crippen LogP contribution is 2.39. The molecule has 0 spiro atoms. The minimum atomic E-state index is -0.592. The van der Waals surface area contributed by atoms with Gasteiger partial charge in [0.1, 0.15) is 23.7 Å². The Morgan fingerprint density at radius 1 is 0.807 bits per heavy atom. The van der Waals surface area contributed by atoms with Gasteiger partial charge >= 0.3 is 12.2 Å². The maximum absolute atomic E-state index is 13.7. The number of carbonyl (C=O) groups excluding carboxylic acids is 4. The lowest BCUT2D eigenvalue weighted by molar-refractivity contribution is -0.135. The summed E-state index contributed by atoms with van der Waals surface area (Å²) in [7, 11) is 2.62. The quantitative estimate of drug-likeness (QED) is 0.117. The lowest BCUT2D eigenvalue weighted by atomic mass is 9.98. The molecule has 57 heavy (non-hydrogen) atoms. The standard InChI is InChI=1S/C43H50N8O6/c1-5-25(22-32-24(2)45-39(46-32)35-9-7-19-51(35)41(53)37(27-12-13-27)49-43(55)57-4)28-14-15-30-21-31(17-16-29(30)20-28)33-23-44-38(47-33)34-8-6-18-50(34)40(52)36(26-10-11-26)48-42(54)56-3/h5,14-17,20-23,26-27,34-37H,1,6-13,18-19H2,2-4H3,(H,44,47)(H,45,46)(H,48,54)(H,49,55)/b25-22+/t34-,35-,36-,37-/m0/s1. The number of aromatic amines is 2. The van der Waals surface area contributed by atoms with Crippen molar-refractivity contribution in [1.29, 1.82) is 0 Å². The lowest BCUT2D eigenvalue weighted by Gasteiger charge is -2.28. The molecule has 0 radical (unpaired) electrons. The van der Waals surface area contributed by atoms with Crippen molar-refractivity contribution in [3.05, 3.63) is 83.9 Å². The predicted molar refractivity (Wildman–Crippen MR) is 214 cm³/mol. The van der Waals surface area contributed by atoms with Crippen LogP contribution in [0.15, 0.2) is 55.3 Å². The summed E-state index contributed by atoms with van der Waals surface area (Å²) in [6.07, 6.45) is 11.4. The number of aryl methyl sites for hydroxylation is 1. The summed E-state index contributed by atoms with van der Waals surface area (Å²) in [6.45, 7) is 7.32. The van der Waals surface area contributed by atoms with Gasteiger partial charge in [-0.1, -0.05) is 36.9 Å². The van der Waals surface area contributed by atoms with E-state index in [4.69, 9.17) is 19.4 Å². The number of hydrogen-bond acceptors (Lipinski definition) is 8. The van der Waals surface area contributed by atoms with Gasteiger partial charge in [0.25, 0.3) is 0 Å². The van der Waals surface area contributed by atoms with Crippen molar-refractivity contribution in [2.45, 2.75) is 82.5 Å². The number of ether oxygens (including phenoxy) is 2. The van der Waals surface area contributed by atoms with Crippen LogP contribution in [-0.2, 0) is 19.1 Å². The van der Waals surface area contributed by atoms with Gasteiger partial charge in [-0.25, -0.2) is 19.6 Å². The van der Waals surface area contributed by atoms with Gasteiger partial charge in [-0.05, 0) is 110 Å². The second-order valence-corrected chi connectivity index (χ2v) is 15.7. The molecule has 0 unspecified atom stereocenters. The van der Waals surface area contributed by atoms with Crippen molar-refractivity contribution in [1.82, 2.24) is 40.4 Å². The molecule has 4 aromatic rings. The smallest absolute Gasteiger partial charge is 0.407 e. The van der Waals surface area contributed by atoms with E-state index >= 15 is 0 Å². The third-order valence-electron chi connectivity index (χ3n) is 11.9. The van der Waals surface area contributed by atoms with E-state index in [-0.39, 0.29) is 35.7 Å². The molecule has 4 N–H and O–H groups in total. The van der Waals surface area contributed by atoms with Crippen LogP contribution in [0.1, 0.15) is 92.1 Å². The number of allylic oxidation sites excluding steroid dienone is 2. The Morgan fingerprint density at radius 3 is 1.96 bits per heavy atom. The molecule has 2 saturated carbocycles. The number of hydrogen-bond donors (Lipinski definition) is 4. The zero-order valence-corrected chi connectivity index (χ0v) is 32.7. The number of methoxy groups -OCH3 is 2. The van der Waals surface area contributed by atoms with Crippen LogP contribution in [0, 0.1) is 18.8 Å². The number of aromatic nitrogens is 4. The van der Waals surface area contributed by atoms with Gasteiger partial charge in [0, 0.05) is 24.3 Å². The van der Waals surface area contributed by atoms with E-state index < -0.39 is 24.3 Å². The topological polar surface area (TPSA) is 175 Å². The van der Waals surface area contributed by atoms with Gasteiger partial charge < -0.3 is 39.9 Å². The number of fused-ring (bicyclic) bond motifs is 1. The molecule has 0 bridgehead atoms. The number of benzene rings is 2. The van der Waals surface area contributed by atoms with Crippen LogP contribution in [0.5, 0.6) is 0 Å². The number of likely N-dealkylation sites (tertiary alicyclic amines) is 2. The normalized spacial score (nSPS) is 20.6. The first-order valence-corrected chi connectivity index (χ1v) is 20.0. The maximum atomic E-state index is 13.7. The summed E-state index contributed by atoms with van der Waals surface area (Å²) in [5.41, 5.74) is 5.43. The third-order valence-corrected chi connectivity index (χ3v) is 11.9. The molecule has 8 rings (SSSR count). The van der Waals surface area contributed by atoms with Gasteiger partial charge in [0.2, 0.25) is 11.8 Å². The number of carbonyl (C=O) groups is 4. The first kappa shape index (κ1) is 38.0. The zero-order chi connectivity index (χ0) is 39.8. The van der Waals surface area contributed by atoms with E-state index in [0.717, 1.165) is 108 Å². The first-order chi connectivity index (χ1) is 27.6. The van der Waals surface area contributed by atoms with Crippen molar-refractivity contribution < 1.29 is 28.7 Å². The van der Waals surface area contributed by atoms with E-state index in [1.165, 1.54) is 14.2 Å². The summed E-state index contributed by atoms with van der Waals surface area (Å²) in [5.74, 6) is 1.57. The van der Waals surface area contributed by atoms with E-state index in [1.54, 1.807) is 0 Å². The summed E-state index contributed by atoms with van der Waals surface area (Å²) < 4.78 is 9.60. The first-order valence-electron chi connectivity index (χ1n) is 20.0. The van der Waals surface area contributed by atoms with Crippen LogP contribution in [0.4, 0.5) is 9.59 Å². The number of alkyl carbamates (subject to hydrolysis) is 2. The van der Waals surface area contributed by atoms with Crippen LogP contribution in [0.25, 0.3) is 33.7 Å². The van der Waals surface area contributed by atoms with Gasteiger partial charge in [0.05, 0.1) is 43.9 Å². The number of nitrogens with zero attached hydrogens (tertiary/aromatic N) is 4. The monoisotopic (exact) mass is 774 g/mol. The Morgan fingerprint density at radius 2 is 1.39 bits per heavy atom. The molecule has 14 heteroatoms. The highest BCUT2D eigenvalue weighted by atomic mass is 16.5. The summed E-state index contributed by atoms with van der Waals surface area (Å²) in [4.78, 5) is 71.7. The van der Waals surface area contributed by atoms with Gasteiger partial charge in [0.15, 0.2) is 0 Å². The summed E-state index contributed by atoms with van der Waals surface area (Å²) >= 11 is 0. The number of rotatable bonds is 12. The second-order valence-electron chi connectivity index (χ2n) is 15.7. The van der Waals surface area contributed by atoms with E-state index in [2.05, 4.69) is 63.6 Å². The minimum absolute atomic E-state index is 0.0821. The molecular formula is C43H50N8O6. The fourth-order valence-electron chi connectivity index (χ4n) is 8.43.